The van der Waals surface area contributed by atoms with Gasteiger partial charge in [-0.05, 0) is 25.1 Å². The molecule has 0 fully saturated rings. The fraction of sp³-hybridized carbons (Fsp3) is 0.200. The third kappa shape index (κ3) is 2.39. The molecule has 0 bridgehead atoms. The van der Waals surface area contributed by atoms with Gasteiger partial charge >= 0.3 is 0 Å². The molecular weight excluding hydrogens is 183 g/mol. The van der Waals surface area contributed by atoms with Crippen LogP contribution in [0.2, 0.25) is 0 Å². The van der Waals surface area contributed by atoms with E-state index in [9.17, 15) is 9.18 Å². The lowest BCUT2D eigenvalue weighted by molar-refractivity contribution is -0.114. The number of nitrogens with one attached hydrogen (secondary N) is 2. The van der Waals surface area contributed by atoms with E-state index in [0.29, 0.717) is 5.69 Å². The van der Waals surface area contributed by atoms with Gasteiger partial charge in [0.2, 0.25) is 5.91 Å². The molecule has 0 saturated carbocycles. The van der Waals surface area contributed by atoms with Gasteiger partial charge in [-0.3, -0.25) is 4.79 Å². The molecule has 1 amide bonds. The number of rotatable bonds is 2. The Morgan fingerprint density at radius 3 is 2.57 bits per heavy atom. The van der Waals surface area contributed by atoms with Crippen molar-refractivity contribution < 1.29 is 9.18 Å². The van der Waals surface area contributed by atoms with Gasteiger partial charge in [0.15, 0.2) is 0 Å². The second kappa shape index (κ2) is 4.00. The molecule has 14 heavy (non-hydrogen) atoms. The predicted molar refractivity (Wildman–Crippen MR) is 53.2 cm³/mol. The van der Waals surface area contributed by atoms with Gasteiger partial charge in [0, 0.05) is 23.9 Å². The second-order valence-corrected chi connectivity index (χ2v) is 3.00. The average Bonchev–Trinajstić information content (AvgIpc) is 2.07. The van der Waals surface area contributed by atoms with E-state index in [0.717, 1.165) is 0 Å². The third-order valence-electron chi connectivity index (χ3n) is 1.69. The molecule has 0 aliphatic heterocycles. The van der Waals surface area contributed by atoms with Crippen molar-refractivity contribution in [2.45, 2.75) is 13.8 Å². The van der Waals surface area contributed by atoms with Crippen molar-refractivity contribution in [1.82, 2.24) is 0 Å². The van der Waals surface area contributed by atoms with Crippen molar-refractivity contribution in [1.29, 1.82) is 5.41 Å². The zero-order valence-corrected chi connectivity index (χ0v) is 8.02. The summed E-state index contributed by atoms with van der Waals surface area (Å²) in [7, 11) is 0. The molecule has 0 aliphatic rings. The Morgan fingerprint density at radius 1 is 1.43 bits per heavy atom. The minimum absolute atomic E-state index is 0.134. The van der Waals surface area contributed by atoms with E-state index in [-0.39, 0.29) is 17.2 Å². The number of benzene rings is 1. The number of carbonyl (C=O) groups is 1. The van der Waals surface area contributed by atoms with E-state index in [1.54, 1.807) is 0 Å². The molecule has 0 aromatic heterocycles. The van der Waals surface area contributed by atoms with Crippen LogP contribution in [0.3, 0.4) is 0 Å². The molecule has 0 atom stereocenters. The molecule has 1 aromatic rings. The van der Waals surface area contributed by atoms with E-state index < -0.39 is 5.82 Å². The maximum absolute atomic E-state index is 13.1. The van der Waals surface area contributed by atoms with Crippen molar-refractivity contribution in [3.05, 3.63) is 29.6 Å². The number of hydrogen-bond donors (Lipinski definition) is 2. The maximum Gasteiger partial charge on any atom is 0.221 e. The van der Waals surface area contributed by atoms with Crippen molar-refractivity contribution in [2.75, 3.05) is 5.32 Å². The summed E-state index contributed by atoms with van der Waals surface area (Å²) in [6, 6.07) is 4.14. The molecule has 0 aliphatic carbocycles. The van der Waals surface area contributed by atoms with Gasteiger partial charge in [-0.2, -0.15) is 0 Å². The quantitative estimate of drug-likeness (QED) is 0.696. The molecule has 1 aromatic carbocycles. The van der Waals surface area contributed by atoms with Crippen LogP contribution in [0.15, 0.2) is 18.2 Å². The Hall–Kier alpha value is -1.71. The van der Waals surface area contributed by atoms with E-state index in [1.165, 1.54) is 32.0 Å². The Kier molecular flexibility index (Phi) is 2.96. The summed E-state index contributed by atoms with van der Waals surface area (Å²) >= 11 is 0. The number of carbonyl (C=O) groups excluding carboxylic acids is 1. The molecule has 4 heteroatoms. The summed E-state index contributed by atoms with van der Waals surface area (Å²) in [4.78, 5) is 10.7. The molecule has 1 rings (SSSR count). The SMILES string of the molecule is CC(=N)c1cc(NC(C)=O)ccc1F. The van der Waals surface area contributed by atoms with Gasteiger partial charge in [-0.15, -0.1) is 0 Å². The van der Waals surface area contributed by atoms with Crippen LogP contribution in [0.5, 0.6) is 0 Å². The number of hydrogen-bond acceptors (Lipinski definition) is 2. The van der Waals surface area contributed by atoms with Crippen LogP contribution in [0.25, 0.3) is 0 Å². The maximum atomic E-state index is 13.1. The molecule has 74 valence electrons. The molecule has 0 unspecified atom stereocenters. The number of amides is 1. The van der Waals surface area contributed by atoms with Crippen LogP contribution in [-0.2, 0) is 4.79 Å². The Labute approximate surface area is 81.5 Å². The minimum atomic E-state index is -0.452. The standard InChI is InChI=1S/C10H11FN2O/c1-6(12)9-5-8(13-7(2)14)3-4-10(9)11/h3-5,12H,1-2H3,(H,13,14). The smallest absolute Gasteiger partial charge is 0.221 e. The summed E-state index contributed by atoms with van der Waals surface area (Å²) in [5.41, 5.74) is 0.839. The van der Waals surface area contributed by atoms with Crippen LogP contribution in [0, 0.1) is 11.2 Å². The average molecular weight is 194 g/mol. The topological polar surface area (TPSA) is 53.0 Å². The first kappa shape index (κ1) is 10.4. The van der Waals surface area contributed by atoms with Gasteiger partial charge < -0.3 is 10.7 Å². The van der Waals surface area contributed by atoms with Gasteiger partial charge in [-0.1, -0.05) is 0 Å². The van der Waals surface area contributed by atoms with Gasteiger partial charge in [0.25, 0.3) is 0 Å². The van der Waals surface area contributed by atoms with Crippen molar-refractivity contribution in [3.63, 3.8) is 0 Å². The zero-order valence-electron chi connectivity index (χ0n) is 8.02. The number of anilines is 1. The zero-order chi connectivity index (χ0) is 10.7. The summed E-state index contributed by atoms with van der Waals surface area (Å²) < 4.78 is 13.1. The Balaban J connectivity index is 3.06. The molecule has 0 radical (unpaired) electrons. The minimum Gasteiger partial charge on any atom is -0.326 e. The monoisotopic (exact) mass is 194 g/mol. The van der Waals surface area contributed by atoms with Gasteiger partial charge in [-0.25, -0.2) is 4.39 Å². The van der Waals surface area contributed by atoms with Crippen molar-refractivity contribution >= 4 is 17.3 Å². The number of halogens is 1. The summed E-state index contributed by atoms with van der Waals surface area (Å²) in [5.74, 6) is -0.670. The van der Waals surface area contributed by atoms with Crippen LogP contribution < -0.4 is 5.32 Å². The highest BCUT2D eigenvalue weighted by atomic mass is 19.1. The van der Waals surface area contributed by atoms with E-state index >= 15 is 0 Å². The lowest BCUT2D eigenvalue weighted by atomic mass is 10.1. The summed E-state index contributed by atoms with van der Waals surface area (Å²) in [6.07, 6.45) is 0. The third-order valence-corrected chi connectivity index (χ3v) is 1.69. The van der Waals surface area contributed by atoms with Crippen LogP contribution in [-0.4, -0.2) is 11.6 Å². The van der Waals surface area contributed by atoms with Crippen molar-refractivity contribution in [2.24, 2.45) is 0 Å². The first-order valence-corrected chi connectivity index (χ1v) is 4.13. The van der Waals surface area contributed by atoms with Crippen molar-refractivity contribution in [3.8, 4) is 0 Å². The van der Waals surface area contributed by atoms with Crippen LogP contribution in [0.4, 0.5) is 10.1 Å². The van der Waals surface area contributed by atoms with Crippen LogP contribution >= 0.6 is 0 Å². The van der Waals surface area contributed by atoms with E-state index in [4.69, 9.17) is 5.41 Å². The summed E-state index contributed by atoms with van der Waals surface area (Å²) in [6.45, 7) is 2.87. The highest BCUT2D eigenvalue weighted by Gasteiger charge is 2.05. The van der Waals surface area contributed by atoms with Crippen LogP contribution in [0.1, 0.15) is 19.4 Å². The van der Waals surface area contributed by atoms with E-state index in [1.807, 2.05) is 0 Å². The normalized spacial score (nSPS) is 9.64. The first-order chi connectivity index (χ1) is 6.50. The fourth-order valence-corrected chi connectivity index (χ4v) is 1.09. The second-order valence-electron chi connectivity index (χ2n) is 3.00. The Bertz CT molecular complexity index is 388. The highest BCUT2D eigenvalue weighted by Crippen LogP contribution is 2.15. The molecular formula is C10H11FN2O. The largest absolute Gasteiger partial charge is 0.326 e. The first-order valence-electron chi connectivity index (χ1n) is 4.13. The molecule has 0 spiro atoms. The Morgan fingerprint density at radius 2 is 2.07 bits per heavy atom. The summed E-state index contributed by atoms with van der Waals surface area (Å²) in [5, 5.41) is 9.83. The van der Waals surface area contributed by atoms with Gasteiger partial charge in [0.05, 0.1) is 0 Å². The molecule has 3 nitrogen and oxygen atoms in total. The molecule has 2 N–H and O–H groups in total. The highest BCUT2D eigenvalue weighted by molar-refractivity contribution is 5.98. The fourth-order valence-electron chi connectivity index (χ4n) is 1.09. The van der Waals surface area contributed by atoms with E-state index in [2.05, 4.69) is 5.32 Å². The predicted octanol–water partition coefficient (Wildman–Crippen LogP) is 2.17. The lowest BCUT2D eigenvalue weighted by Crippen LogP contribution is -2.07. The molecule has 0 saturated heterocycles. The van der Waals surface area contributed by atoms with Gasteiger partial charge in [0.1, 0.15) is 5.82 Å². The molecule has 0 heterocycles. The lowest BCUT2D eigenvalue weighted by Gasteiger charge is -2.05.